The lowest BCUT2D eigenvalue weighted by Gasteiger charge is -2.21. The van der Waals surface area contributed by atoms with Crippen LogP contribution in [0.3, 0.4) is 0 Å². The first-order valence-electron chi connectivity index (χ1n) is 5.68. The largest absolute Gasteiger partial charge is 0.316 e. The molecule has 2 heterocycles. The Labute approximate surface area is 105 Å². The maximum absolute atomic E-state index is 11.9. The number of carbonyl (C=O) groups excluding carboxylic acids is 1. The van der Waals surface area contributed by atoms with Gasteiger partial charge in [0.2, 0.25) is 11.9 Å². The van der Waals surface area contributed by atoms with E-state index in [1.165, 1.54) is 0 Å². The van der Waals surface area contributed by atoms with E-state index in [9.17, 15) is 4.79 Å². The van der Waals surface area contributed by atoms with Crippen molar-refractivity contribution in [3.8, 4) is 0 Å². The van der Waals surface area contributed by atoms with Gasteiger partial charge in [-0.05, 0) is 32.4 Å². The third-order valence-electron chi connectivity index (χ3n) is 2.73. The van der Waals surface area contributed by atoms with Crippen molar-refractivity contribution in [2.24, 2.45) is 5.92 Å². The summed E-state index contributed by atoms with van der Waals surface area (Å²) in [6.45, 7) is 3.51. The van der Waals surface area contributed by atoms with E-state index in [4.69, 9.17) is 11.6 Å². The van der Waals surface area contributed by atoms with E-state index in [0.717, 1.165) is 25.1 Å². The number of aryl methyl sites for hydroxylation is 1. The van der Waals surface area contributed by atoms with Gasteiger partial charge in [-0.1, -0.05) is 11.6 Å². The number of rotatable bonds is 2. The van der Waals surface area contributed by atoms with Crippen LogP contribution < -0.4 is 10.6 Å². The van der Waals surface area contributed by atoms with E-state index in [-0.39, 0.29) is 17.8 Å². The Morgan fingerprint density at radius 3 is 3.06 bits per heavy atom. The van der Waals surface area contributed by atoms with Crippen molar-refractivity contribution in [3.05, 3.63) is 16.9 Å². The first kappa shape index (κ1) is 12.3. The SMILES string of the molecule is Cc1cc(Cl)nc(NC(=O)[C@@H]2CCCNC2)n1. The van der Waals surface area contributed by atoms with Crippen molar-refractivity contribution >= 4 is 23.5 Å². The second-order valence-electron chi connectivity index (χ2n) is 4.19. The number of amides is 1. The molecule has 1 atom stereocenters. The summed E-state index contributed by atoms with van der Waals surface area (Å²) >= 11 is 5.80. The predicted molar refractivity (Wildman–Crippen MR) is 66.0 cm³/mol. The monoisotopic (exact) mass is 254 g/mol. The molecule has 0 radical (unpaired) electrons. The van der Waals surface area contributed by atoms with Crippen LogP contribution in [-0.2, 0) is 4.79 Å². The van der Waals surface area contributed by atoms with Gasteiger partial charge in [-0.15, -0.1) is 0 Å². The van der Waals surface area contributed by atoms with Crippen LogP contribution in [0, 0.1) is 12.8 Å². The molecule has 1 aliphatic rings. The molecule has 1 aromatic rings. The van der Waals surface area contributed by atoms with Crippen LogP contribution in [0.1, 0.15) is 18.5 Å². The molecule has 2 N–H and O–H groups in total. The molecule has 1 fully saturated rings. The van der Waals surface area contributed by atoms with Crippen LogP contribution >= 0.6 is 11.6 Å². The van der Waals surface area contributed by atoms with Crippen molar-refractivity contribution in [1.29, 1.82) is 0 Å². The Balaban J connectivity index is 2.01. The lowest BCUT2D eigenvalue weighted by atomic mass is 9.99. The topological polar surface area (TPSA) is 66.9 Å². The number of nitrogens with zero attached hydrogens (tertiary/aromatic N) is 2. The van der Waals surface area contributed by atoms with Crippen LogP contribution in [0.4, 0.5) is 5.95 Å². The number of carbonyl (C=O) groups is 1. The number of halogens is 1. The fourth-order valence-electron chi connectivity index (χ4n) is 1.87. The number of hydrogen-bond acceptors (Lipinski definition) is 4. The quantitative estimate of drug-likeness (QED) is 0.783. The number of aromatic nitrogens is 2. The second kappa shape index (κ2) is 5.42. The van der Waals surface area contributed by atoms with Crippen molar-refractivity contribution < 1.29 is 4.79 Å². The third-order valence-corrected chi connectivity index (χ3v) is 2.92. The normalized spacial score (nSPS) is 20.0. The highest BCUT2D eigenvalue weighted by Crippen LogP contribution is 2.14. The molecular weight excluding hydrogens is 240 g/mol. The number of piperidine rings is 1. The summed E-state index contributed by atoms with van der Waals surface area (Å²) in [6.07, 6.45) is 1.92. The van der Waals surface area contributed by atoms with E-state index in [1.54, 1.807) is 6.07 Å². The molecule has 1 aromatic heterocycles. The van der Waals surface area contributed by atoms with Crippen molar-refractivity contribution in [1.82, 2.24) is 15.3 Å². The van der Waals surface area contributed by atoms with Gasteiger partial charge < -0.3 is 5.32 Å². The zero-order chi connectivity index (χ0) is 12.3. The summed E-state index contributed by atoms with van der Waals surface area (Å²) in [5.74, 6) is 0.232. The van der Waals surface area contributed by atoms with Crippen LogP contribution in [0.5, 0.6) is 0 Å². The molecule has 17 heavy (non-hydrogen) atoms. The van der Waals surface area contributed by atoms with Crippen LogP contribution in [0.2, 0.25) is 5.15 Å². The average molecular weight is 255 g/mol. The number of anilines is 1. The minimum absolute atomic E-state index is 0.00774. The molecular formula is C11H15ClN4O. The average Bonchev–Trinajstić information content (AvgIpc) is 2.28. The Hall–Kier alpha value is -1.20. The summed E-state index contributed by atoms with van der Waals surface area (Å²) < 4.78 is 0. The standard InChI is InChI=1S/C11H15ClN4O/c1-7-5-9(12)15-11(14-7)16-10(17)8-3-2-4-13-6-8/h5,8,13H,2-4,6H2,1H3,(H,14,15,16,17)/t8-/m1/s1. The zero-order valence-corrected chi connectivity index (χ0v) is 10.4. The molecule has 0 spiro atoms. The first-order valence-corrected chi connectivity index (χ1v) is 6.06. The number of nitrogens with one attached hydrogen (secondary N) is 2. The zero-order valence-electron chi connectivity index (χ0n) is 9.66. The van der Waals surface area contributed by atoms with E-state index in [1.807, 2.05) is 6.92 Å². The Bertz CT molecular complexity index is 398. The van der Waals surface area contributed by atoms with Gasteiger partial charge in [0.25, 0.3) is 0 Å². The van der Waals surface area contributed by atoms with Gasteiger partial charge in [0.1, 0.15) is 5.15 Å². The molecule has 92 valence electrons. The Morgan fingerprint density at radius 1 is 1.59 bits per heavy atom. The Morgan fingerprint density at radius 2 is 2.41 bits per heavy atom. The molecule has 1 aliphatic heterocycles. The van der Waals surface area contributed by atoms with E-state index in [0.29, 0.717) is 11.7 Å². The van der Waals surface area contributed by atoms with Crippen LogP contribution in [0.15, 0.2) is 6.07 Å². The van der Waals surface area contributed by atoms with Gasteiger partial charge in [0.05, 0.1) is 5.92 Å². The molecule has 0 aromatic carbocycles. The number of hydrogen-bond donors (Lipinski definition) is 2. The van der Waals surface area contributed by atoms with Crippen LogP contribution in [0.25, 0.3) is 0 Å². The summed E-state index contributed by atoms with van der Waals surface area (Å²) in [7, 11) is 0. The van der Waals surface area contributed by atoms with E-state index < -0.39 is 0 Å². The minimum atomic E-state index is -0.0427. The lowest BCUT2D eigenvalue weighted by Crippen LogP contribution is -2.37. The lowest BCUT2D eigenvalue weighted by molar-refractivity contribution is -0.120. The summed E-state index contributed by atoms with van der Waals surface area (Å²) in [5, 5.41) is 6.25. The van der Waals surface area contributed by atoms with Gasteiger partial charge in [-0.2, -0.15) is 0 Å². The first-order chi connectivity index (χ1) is 8.15. The molecule has 1 saturated heterocycles. The predicted octanol–water partition coefficient (Wildman–Crippen LogP) is 1.38. The van der Waals surface area contributed by atoms with E-state index >= 15 is 0 Å². The van der Waals surface area contributed by atoms with Gasteiger partial charge in [0, 0.05) is 12.2 Å². The van der Waals surface area contributed by atoms with Gasteiger partial charge in [-0.25, -0.2) is 9.97 Å². The maximum Gasteiger partial charge on any atom is 0.231 e. The van der Waals surface area contributed by atoms with E-state index in [2.05, 4.69) is 20.6 Å². The minimum Gasteiger partial charge on any atom is -0.316 e. The molecule has 2 rings (SSSR count). The van der Waals surface area contributed by atoms with Gasteiger partial charge >= 0.3 is 0 Å². The Kier molecular flexibility index (Phi) is 3.91. The fraction of sp³-hybridized carbons (Fsp3) is 0.545. The smallest absolute Gasteiger partial charge is 0.231 e. The van der Waals surface area contributed by atoms with Crippen LogP contribution in [-0.4, -0.2) is 29.0 Å². The summed E-state index contributed by atoms with van der Waals surface area (Å²) in [4.78, 5) is 20.0. The van der Waals surface area contributed by atoms with Crippen molar-refractivity contribution in [3.63, 3.8) is 0 Å². The molecule has 0 unspecified atom stereocenters. The molecule has 0 bridgehead atoms. The van der Waals surface area contributed by atoms with Gasteiger partial charge in [-0.3, -0.25) is 10.1 Å². The maximum atomic E-state index is 11.9. The fourth-order valence-corrected chi connectivity index (χ4v) is 2.11. The molecule has 1 amide bonds. The highest BCUT2D eigenvalue weighted by molar-refractivity contribution is 6.29. The highest BCUT2D eigenvalue weighted by Gasteiger charge is 2.21. The second-order valence-corrected chi connectivity index (χ2v) is 4.58. The molecule has 0 saturated carbocycles. The molecule has 6 heteroatoms. The van der Waals surface area contributed by atoms with Crippen molar-refractivity contribution in [2.75, 3.05) is 18.4 Å². The highest BCUT2D eigenvalue weighted by atomic mass is 35.5. The van der Waals surface area contributed by atoms with Crippen molar-refractivity contribution in [2.45, 2.75) is 19.8 Å². The molecule has 0 aliphatic carbocycles. The summed E-state index contributed by atoms with van der Waals surface area (Å²) in [6, 6.07) is 1.65. The third kappa shape index (κ3) is 3.38. The summed E-state index contributed by atoms with van der Waals surface area (Å²) in [5.41, 5.74) is 0.738. The van der Waals surface area contributed by atoms with Gasteiger partial charge in [0.15, 0.2) is 0 Å². The molecule has 5 nitrogen and oxygen atoms in total.